The summed E-state index contributed by atoms with van der Waals surface area (Å²) in [6.45, 7) is 6.15. The average Bonchev–Trinajstić information content (AvgIpc) is 2.78. The van der Waals surface area contributed by atoms with E-state index in [1.54, 1.807) is 6.92 Å². The van der Waals surface area contributed by atoms with Crippen LogP contribution in [-0.2, 0) is 6.42 Å². The lowest BCUT2D eigenvalue weighted by Crippen LogP contribution is -2.27. The Morgan fingerprint density at radius 3 is 2.83 bits per heavy atom. The Morgan fingerprint density at radius 1 is 1.52 bits per heavy atom. The molecule has 0 aliphatic carbocycles. The van der Waals surface area contributed by atoms with Crippen molar-refractivity contribution in [1.29, 1.82) is 0 Å². The zero-order valence-corrected chi connectivity index (χ0v) is 15.5. The molecule has 1 aromatic heterocycles. The number of halogens is 2. The van der Waals surface area contributed by atoms with Crippen LogP contribution in [0, 0.1) is 17.5 Å². The second kappa shape index (κ2) is 7.35. The summed E-state index contributed by atoms with van der Waals surface area (Å²) in [6.07, 6.45) is 0.551. The van der Waals surface area contributed by atoms with Gasteiger partial charge in [0.05, 0.1) is 5.56 Å². The molecule has 0 fully saturated rings. The number of amides is 1. The number of H-pyrrole nitrogens is 1. The Morgan fingerprint density at radius 2 is 2.22 bits per heavy atom. The number of aromatic amines is 1. The van der Waals surface area contributed by atoms with E-state index in [9.17, 15) is 9.18 Å². The van der Waals surface area contributed by atoms with E-state index in [0.29, 0.717) is 33.3 Å². The molecule has 0 saturated carbocycles. The van der Waals surface area contributed by atoms with Gasteiger partial charge in [-0.3, -0.25) is 9.89 Å². The van der Waals surface area contributed by atoms with Crippen LogP contribution in [0.2, 0.25) is 0 Å². The third-order valence-electron chi connectivity index (χ3n) is 3.41. The predicted molar refractivity (Wildman–Crippen MR) is 92.7 cm³/mol. The second-order valence-electron chi connectivity index (χ2n) is 5.49. The first-order valence-electron chi connectivity index (χ1n) is 7.21. The summed E-state index contributed by atoms with van der Waals surface area (Å²) in [5.74, 6) is 0.165. The molecule has 0 atom stereocenters. The van der Waals surface area contributed by atoms with Crippen LogP contribution < -0.4 is 5.32 Å². The Balaban J connectivity index is 2.05. The summed E-state index contributed by atoms with van der Waals surface area (Å²) >= 11 is 8.42. The van der Waals surface area contributed by atoms with Crippen LogP contribution in [0.1, 0.15) is 41.6 Å². The van der Waals surface area contributed by atoms with Crippen LogP contribution in [0.3, 0.4) is 0 Å². The third-order valence-corrected chi connectivity index (χ3v) is 4.32. The molecule has 0 bridgehead atoms. The maximum Gasteiger partial charge on any atom is 0.252 e. The lowest BCUT2D eigenvalue weighted by molar-refractivity contribution is 0.0952. The summed E-state index contributed by atoms with van der Waals surface area (Å²) < 4.78 is 16.2. The summed E-state index contributed by atoms with van der Waals surface area (Å²) in [5.41, 5.74) is 1.02. The fraction of sp³-hybridized carbons (Fsp3) is 0.400. The van der Waals surface area contributed by atoms with E-state index in [1.807, 2.05) is 18.4 Å². The minimum atomic E-state index is -0.376. The van der Waals surface area contributed by atoms with Crippen molar-refractivity contribution in [3.8, 4) is 0 Å². The summed E-state index contributed by atoms with van der Waals surface area (Å²) in [7, 11) is 0. The van der Waals surface area contributed by atoms with Gasteiger partial charge in [-0.15, -0.1) is 0 Å². The largest absolute Gasteiger partial charge is 0.352 e. The second-order valence-corrected chi connectivity index (χ2v) is 6.74. The number of carbonyl (C=O) groups is 1. The number of nitrogens with zero attached hydrogens (tertiary/aromatic N) is 2. The molecule has 0 saturated heterocycles. The Kier molecular flexibility index (Phi) is 5.69. The summed E-state index contributed by atoms with van der Waals surface area (Å²) in [6, 6.07) is 2.82. The number of hydrogen-bond acceptors (Lipinski definition) is 3. The normalized spacial score (nSPS) is 11.0. The van der Waals surface area contributed by atoms with E-state index in [1.165, 1.54) is 12.1 Å². The fourth-order valence-electron chi connectivity index (χ4n) is 2.41. The highest BCUT2D eigenvalue weighted by Crippen LogP contribution is 2.22. The Hall–Kier alpha value is -1.54. The van der Waals surface area contributed by atoms with Gasteiger partial charge < -0.3 is 9.88 Å². The van der Waals surface area contributed by atoms with Crippen molar-refractivity contribution < 1.29 is 9.18 Å². The molecule has 5 nitrogen and oxygen atoms in total. The zero-order valence-electron chi connectivity index (χ0n) is 13.1. The minimum Gasteiger partial charge on any atom is -0.352 e. The molecule has 0 spiro atoms. The number of hydrogen-bond donors (Lipinski definition) is 2. The molecule has 0 radical (unpaired) electrons. The predicted octanol–water partition coefficient (Wildman–Crippen LogP) is 3.70. The molecule has 0 unspecified atom stereocenters. The van der Waals surface area contributed by atoms with Gasteiger partial charge in [-0.25, -0.2) is 4.39 Å². The topological polar surface area (TPSA) is 62.7 Å². The molecule has 1 amide bonds. The van der Waals surface area contributed by atoms with E-state index in [-0.39, 0.29) is 17.8 Å². The van der Waals surface area contributed by atoms with Gasteiger partial charge in [0.25, 0.3) is 5.91 Å². The van der Waals surface area contributed by atoms with E-state index < -0.39 is 0 Å². The number of rotatable bonds is 5. The first kappa shape index (κ1) is 17.8. The summed E-state index contributed by atoms with van der Waals surface area (Å²) in [5, 5.41) is 9.79. The van der Waals surface area contributed by atoms with Crippen molar-refractivity contribution in [2.24, 2.45) is 0 Å². The number of aryl methyl sites for hydroxylation is 1. The maximum absolute atomic E-state index is 13.3. The quantitative estimate of drug-likeness (QED) is 0.751. The zero-order chi connectivity index (χ0) is 17.1. The van der Waals surface area contributed by atoms with Crippen LogP contribution in [0.25, 0.3) is 0 Å². The highest BCUT2D eigenvalue weighted by Gasteiger charge is 2.15. The SMILES string of the molecule is Cc1cc(F)cc(Br)c1C(=O)NCCc1n[nH]c(=S)n1C(C)C. The van der Waals surface area contributed by atoms with E-state index in [4.69, 9.17) is 12.2 Å². The van der Waals surface area contributed by atoms with Crippen LogP contribution in [0.4, 0.5) is 4.39 Å². The number of benzene rings is 1. The fourth-order valence-corrected chi connectivity index (χ4v) is 3.49. The lowest BCUT2D eigenvalue weighted by atomic mass is 10.1. The minimum absolute atomic E-state index is 0.195. The van der Waals surface area contributed by atoms with Crippen LogP contribution >= 0.6 is 28.1 Å². The average molecular weight is 401 g/mol. The van der Waals surface area contributed by atoms with Crippen molar-refractivity contribution in [3.63, 3.8) is 0 Å². The van der Waals surface area contributed by atoms with Gasteiger partial charge in [-0.2, -0.15) is 5.10 Å². The van der Waals surface area contributed by atoms with Crippen LogP contribution in [-0.4, -0.2) is 27.2 Å². The number of carbonyl (C=O) groups excluding carboxylic acids is 1. The van der Waals surface area contributed by atoms with Gasteiger partial charge in [-0.1, -0.05) is 0 Å². The van der Waals surface area contributed by atoms with Gasteiger partial charge >= 0.3 is 0 Å². The molecule has 23 heavy (non-hydrogen) atoms. The van der Waals surface area contributed by atoms with E-state index >= 15 is 0 Å². The first-order chi connectivity index (χ1) is 10.8. The molecule has 1 aromatic carbocycles. The third kappa shape index (κ3) is 4.06. The number of nitrogens with one attached hydrogen (secondary N) is 2. The smallest absolute Gasteiger partial charge is 0.252 e. The molecule has 2 N–H and O–H groups in total. The highest BCUT2D eigenvalue weighted by molar-refractivity contribution is 9.10. The Bertz CT molecular complexity index is 761. The first-order valence-corrected chi connectivity index (χ1v) is 8.41. The van der Waals surface area contributed by atoms with Crippen molar-refractivity contribution in [1.82, 2.24) is 20.1 Å². The van der Waals surface area contributed by atoms with Gasteiger partial charge in [-0.05, 0) is 66.6 Å². The van der Waals surface area contributed by atoms with Crippen molar-refractivity contribution in [2.75, 3.05) is 6.54 Å². The maximum atomic E-state index is 13.3. The van der Waals surface area contributed by atoms with Gasteiger partial charge in [0.1, 0.15) is 11.6 Å². The summed E-state index contributed by atoms with van der Waals surface area (Å²) in [4.78, 5) is 12.3. The van der Waals surface area contributed by atoms with Crippen molar-refractivity contribution >= 4 is 34.1 Å². The number of aromatic nitrogens is 3. The molecule has 2 rings (SSSR count). The van der Waals surface area contributed by atoms with Gasteiger partial charge in [0, 0.05) is 23.5 Å². The van der Waals surface area contributed by atoms with Gasteiger partial charge in [0.2, 0.25) is 0 Å². The van der Waals surface area contributed by atoms with E-state index in [2.05, 4.69) is 31.4 Å². The standard InChI is InChI=1S/C15H18BrFN4OS/c1-8(2)21-12(19-20-15(21)23)4-5-18-14(22)13-9(3)6-10(17)7-11(13)16/h6-8H,4-5H2,1-3H3,(H,18,22)(H,20,23). The molecular weight excluding hydrogens is 383 g/mol. The van der Waals surface area contributed by atoms with Gasteiger partial charge in [0.15, 0.2) is 4.77 Å². The molecule has 0 aliphatic heterocycles. The molecule has 1 heterocycles. The molecule has 124 valence electrons. The lowest BCUT2D eigenvalue weighted by Gasteiger charge is -2.12. The van der Waals surface area contributed by atoms with Crippen molar-refractivity contribution in [3.05, 3.63) is 44.1 Å². The molecular formula is C15H18BrFN4OS. The Labute approximate surface area is 147 Å². The molecule has 8 heteroatoms. The molecule has 2 aromatic rings. The monoisotopic (exact) mass is 400 g/mol. The van der Waals surface area contributed by atoms with E-state index in [0.717, 1.165) is 5.82 Å². The highest BCUT2D eigenvalue weighted by atomic mass is 79.9. The van der Waals surface area contributed by atoms with Crippen molar-refractivity contribution in [2.45, 2.75) is 33.2 Å². The van der Waals surface area contributed by atoms with Crippen LogP contribution in [0.5, 0.6) is 0 Å². The molecule has 0 aliphatic rings. The van der Waals surface area contributed by atoms with Crippen LogP contribution in [0.15, 0.2) is 16.6 Å².